The molecule has 7 heteroatoms. The smallest absolute Gasteiger partial charge is 0.282 e. The van der Waals surface area contributed by atoms with Gasteiger partial charge < -0.3 is 9.84 Å². The third kappa shape index (κ3) is 4.13. The molecule has 1 aliphatic rings. The Kier molecular flexibility index (Phi) is 6.68. The first kappa shape index (κ1) is 16.8. The number of aliphatic hydroxyl groups is 1. The third-order valence-electron chi connectivity index (χ3n) is 3.22. The summed E-state index contributed by atoms with van der Waals surface area (Å²) in [4.78, 5) is 0. The van der Waals surface area contributed by atoms with Gasteiger partial charge in [-0.1, -0.05) is 13.8 Å². The second kappa shape index (κ2) is 7.54. The molecule has 19 heavy (non-hydrogen) atoms. The largest absolute Gasteiger partial charge is 0.394 e. The highest BCUT2D eigenvalue weighted by Crippen LogP contribution is 2.19. The molecule has 114 valence electrons. The summed E-state index contributed by atoms with van der Waals surface area (Å²) in [7, 11) is -3.47. The fraction of sp³-hybridized carbons (Fsp3) is 1.00. The number of hydrogen-bond acceptors (Lipinski definition) is 4. The first-order valence-electron chi connectivity index (χ1n) is 6.96. The zero-order valence-electron chi connectivity index (χ0n) is 12.1. The van der Waals surface area contributed by atoms with Crippen molar-refractivity contribution in [2.24, 2.45) is 0 Å². The van der Waals surface area contributed by atoms with Gasteiger partial charge in [-0.3, -0.25) is 0 Å². The van der Waals surface area contributed by atoms with Gasteiger partial charge in [-0.2, -0.15) is 17.0 Å². The normalized spacial score (nSPS) is 25.9. The molecule has 1 saturated heterocycles. The summed E-state index contributed by atoms with van der Waals surface area (Å²) in [5.74, 6) is 0. The van der Waals surface area contributed by atoms with Gasteiger partial charge in [0.05, 0.1) is 19.3 Å². The molecule has 0 spiro atoms. The van der Waals surface area contributed by atoms with Crippen LogP contribution >= 0.6 is 0 Å². The minimum Gasteiger partial charge on any atom is -0.394 e. The molecule has 0 amide bonds. The SMILES string of the molecule is CCCN(CCC)S(=O)(=O)N1CC(CO)OCC1C. The molecule has 0 bridgehead atoms. The first-order valence-corrected chi connectivity index (χ1v) is 8.36. The van der Waals surface area contributed by atoms with Gasteiger partial charge in [0.1, 0.15) is 0 Å². The van der Waals surface area contributed by atoms with Crippen LogP contribution < -0.4 is 0 Å². The van der Waals surface area contributed by atoms with Gasteiger partial charge in [-0.15, -0.1) is 0 Å². The van der Waals surface area contributed by atoms with Crippen LogP contribution in [0.2, 0.25) is 0 Å². The van der Waals surface area contributed by atoms with Crippen molar-refractivity contribution in [1.29, 1.82) is 0 Å². The minimum absolute atomic E-state index is 0.152. The number of ether oxygens (including phenoxy) is 1. The first-order chi connectivity index (χ1) is 8.97. The Morgan fingerprint density at radius 2 is 1.89 bits per heavy atom. The summed E-state index contributed by atoms with van der Waals surface area (Å²) in [6, 6.07) is -0.191. The van der Waals surface area contributed by atoms with Gasteiger partial charge in [-0.25, -0.2) is 0 Å². The summed E-state index contributed by atoms with van der Waals surface area (Å²) in [6.45, 7) is 7.24. The molecule has 1 aliphatic heterocycles. The van der Waals surface area contributed by atoms with Gasteiger partial charge in [-0.05, 0) is 19.8 Å². The van der Waals surface area contributed by atoms with E-state index >= 15 is 0 Å². The lowest BCUT2D eigenvalue weighted by atomic mass is 10.2. The predicted octanol–water partition coefficient (Wildman–Crippen LogP) is 0.435. The molecule has 1 rings (SSSR count). The number of rotatable bonds is 7. The van der Waals surface area contributed by atoms with Crippen LogP contribution in [0.1, 0.15) is 33.6 Å². The zero-order chi connectivity index (χ0) is 14.5. The van der Waals surface area contributed by atoms with Crippen LogP contribution in [0, 0.1) is 0 Å². The molecule has 1 N–H and O–H groups in total. The fourth-order valence-corrected chi connectivity index (χ4v) is 4.21. The monoisotopic (exact) mass is 294 g/mol. The van der Waals surface area contributed by atoms with Gasteiger partial charge in [0.15, 0.2) is 0 Å². The summed E-state index contributed by atoms with van der Waals surface area (Å²) < 4.78 is 33.7. The van der Waals surface area contributed by atoms with Gasteiger partial charge in [0.25, 0.3) is 10.2 Å². The molecule has 1 heterocycles. The second-order valence-corrected chi connectivity index (χ2v) is 6.84. The lowest BCUT2D eigenvalue weighted by molar-refractivity contribution is -0.0530. The highest BCUT2D eigenvalue weighted by atomic mass is 32.2. The van der Waals surface area contributed by atoms with Crippen molar-refractivity contribution in [2.75, 3.05) is 32.8 Å². The summed E-state index contributed by atoms with van der Waals surface area (Å²) in [5.41, 5.74) is 0. The highest BCUT2D eigenvalue weighted by Gasteiger charge is 2.37. The van der Waals surface area contributed by atoms with Crippen LogP contribution in [0.3, 0.4) is 0 Å². The standard InChI is InChI=1S/C12H26N2O4S/c1-4-6-13(7-5-2)19(16,17)14-8-12(9-15)18-10-11(14)3/h11-12,15H,4-10H2,1-3H3. The average molecular weight is 294 g/mol. The average Bonchev–Trinajstić information content (AvgIpc) is 2.39. The molecule has 2 unspecified atom stereocenters. The Morgan fingerprint density at radius 3 is 2.37 bits per heavy atom. The summed E-state index contributed by atoms with van der Waals surface area (Å²) in [5, 5.41) is 9.15. The van der Waals surface area contributed by atoms with E-state index in [4.69, 9.17) is 9.84 Å². The van der Waals surface area contributed by atoms with Crippen LogP contribution in [0.15, 0.2) is 0 Å². The van der Waals surface area contributed by atoms with Crippen molar-refractivity contribution >= 4 is 10.2 Å². The van der Waals surface area contributed by atoms with Crippen LogP contribution in [-0.4, -0.2) is 67.1 Å². The molecule has 1 fully saturated rings. The molecule has 2 atom stereocenters. The van der Waals surface area contributed by atoms with E-state index in [0.717, 1.165) is 12.8 Å². The van der Waals surface area contributed by atoms with Gasteiger partial charge >= 0.3 is 0 Å². The van der Waals surface area contributed by atoms with Crippen molar-refractivity contribution in [2.45, 2.75) is 45.8 Å². The summed E-state index contributed by atoms with van der Waals surface area (Å²) >= 11 is 0. The maximum atomic E-state index is 12.7. The van der Waals surface area contributed by atoms with Crippen molar-refractivity contribution in [3.05, 3.63) is 0 Å². The molecular formula is C12H26N2O4S. The van der Waals surface area contributed by atoms with Gasteiger partial charge in [0, 0.05) is 25.7 Å². The number of hydrogen-bond donors (Lipinski definition) is 1. The Bertz CT molecular complexity index is 355. The number of morpholine rings is 1. The van der Waals surface area contributed by atoms with E-state index in [2.05, 4.69) is 0 Å². The molecular weight excluding hydrogens is 268 g/mol. The van der Waals surface area contributed by atoms with Crippen molar-refractivity contribution in [1.82, 2.24) is 8.61 Å². The van der Waals surface area contributed by atoms with E-state index < -0.39 is 16.3 Å². The lowest BCUT2D eigenvalue weighted by Crippen LogP contribution is -2.56. The van der Waals surface area contributed by atoms with Crippen molar-refractivity contribution < 1.29 is 18.3 Å². The molecule has 0 aromatic rings. The number of nitrogens with zero attached hydrogens (tertiary/aromatic N) is 2. The highest BCUT2D eigenvalue weighted by molar-refractivity contribution is 7.86. The molecule has 0 aliphatic carbocycles. The maximum absolute atomic E-state index is 12.7. The van der Waals surface area contributed by atoms with Crippen LogP contribution in [0.5, 0.6) is 0 Å². The van der Waals surface area contributed by atoms with Gasteiger partial charge in [0.2, 0.25) is 0 Å². The lowest BCUT2D eigenvalue weighted by Gasteiger charge is -2.39. The maximum Gasteiger partial charge on any atom is 0.282 e. The predicted molar refractivity (Wildman–Crippen MR) is 74.1 cm³/mol. The Balaban J connectivity index is 2.88. The van der Waals surface area contributed by atoms with E-state index in [1.807, 2.05) is 20.8 Å². The van der Waals surface area contributed by atoms with Crippen molar-refractivity contribution in [3.8, 4) is 0 Å². The fourth-order valence-electron chi connectivity index (χ4n) is 2.21. The molecule has 0 aromatic heterocycles. The van der Waals surface area contributed by atoms with Crippen molar-refractivity contribution in [3.63, 3.8) is 0 Å². The second-order valence-electron chi connectivity index (χ2n) is 4.96. The Labute approximate surface area is 116 Å². The molecule has 0 saturated carbocycles. The van der Waals surface area contributed by atoms with E-state index in [0.29, 0.717) is 19.7 Å². The van der Waals surface area contributed by atoms with Crippen LogP contribution in [-0.2, 0) is 14.9 Å². The topological polar surface area (TPSA) is 70.1 Å². The quantitative estimate of drug-likeness (QED) is 0.739. The molecule has 0 radical (unpaired) electrons. The van der Waals surface area contributed by atoms with E-state index in [9.17, 15) is 8.42 Å². The van der Waals surface area contributed by atoms with E-state index in [-0.39, 0.29) is 19.2 Å². The Morgan fingerprint density at radius 1 is 1.32 bits per heavy atom. The Hall–Kier alpha value is -0.210. The van der Waals surface area contributed by atoms with E-state index in [1.54, 1.807) is 0 Å². The number of aliphatic hydroxyl groups excluding tert-OH is 1. The molecule has 6 nitrogen and oxygen atoms in total. The summed E-state index contributed by atoms with van der Waals surface area (Å²) in [6.07, 6.45) is 1.17. The van der Waals surface area contributed by atoms with Crippen LogP contribution in [0.25, 0.3) is 0 Å². The molecule has 0 aromatic carbocycles. The van der Waals surface area contributed by atoms with Crippen LogP contribution in [0.4, 0.5) is 0 Å². The third-order valence-corrected chi connectivity index (χ3v) is 5.34. The zero-order valence-corrected chi connectivity index (χ0v) is 12.9. The minimum atomic E-state index is -3.47. The van der Waals surface area contributed by atoms with E-state index in [1.165, 1.54) is 8.61 Å².